The van der Waals surface area contributed by atoms with Crippen molar-refractivity contribution in [3.63, 3.8) is 0 Å². The normalized spacial score (nSPS) is 10.5. The number of nitrogens with one attached hydrogen (secondary N) is 1. The first-order chi connectivity index (χ1) is 8.13. The Labute approximate surface area is 101 Å². The smallest absolute Gasteiger partial charge is 0.373 e. The van der Waals surface area contributed by atoms with E-state index in [-0.39, 0.29) is 5.97 Å². The zero-order valence-corrected chi connectivity index (χ0v) is 10.0. The molecule has 0 aliphatic carbocycles. The standard InChI is InChI=1S/C12H16BNO3/c1-13(16)14-9-11-6-4-3-5-10(11)7-8-12(15)17-2/h3-8,14,16H,9H2,1-2H3. The molecule has 0 atom stereocenters. The summed E-state index contributed by atoms with van der Waals surface area (Å²) in [6.07, 6.45) is 3.08. The fraction of sp³-hybridized carbons (Fsp3) is 0.250. The Morgan fingerprint density at radius 2 is 2.24 bits per heavy atom. The summed E-state index contributed by atoms with van der Waals surface area (Å²) in [6.45, 7) is 2.20. The first kappa shape index (κ1) is 13.5. The second-order valence-corrected chi connectivity index (χ2v) is 3.61. The van der Waals surface area contributed by atoms with Gasteiger partial charge in [-0.15, -0.1) is 0 Å². The second kappa shape index (κ2) is 6.88. The van der Waals surface area contributed by atoms with E-state index in [1.54, 1.807) is 12.9 Å². The Balaban J connectivity index is 2.77. The summed E-state index contributed by atoms with van der Waals surface area (Å²) in [5.74, 6) is -0.386. The number of methoxy groups -OCH3 is 1. The van der Waals surface area contributed by atoms with Crippen LogP contribution in [-0.2, 0) is 16.1 Å². The monoisotopic (exact) mass is 233 g/mol. The highest BCUT2D eigenvalue weighted by atomic mass is 16.5. The lowest BCUT2D eigenvalue weighted by atomic mass is 9.88. The molecule has 0 heterocycles. The van der Waals surface area contributed by atoms with Crippen molar-refractivity contribution in [2.24, 2.45) is 0 Å². The van der Waals surface area contributed by atoms with E-state index in [4.69, 9.17) is 5.02 Å². The van der Waals surface area contributed by atoms with Crippen LogP contribution in [0.1, 0.15) is 11.1 Å². The third kappa shape index (κ3) is 4.84. The third-order valence-corrected chi connectivity index (χ3v) is 2.24. The molecule has 0 aromatic heterocycles. The maximum absolute atomic E-state index is 11.0. The number of benzene rings is 1. The molecule has 0 saturated carbocycles. The van der Waals surface area contributed by atoms with Crippen LogP contribution in [0.5, 0.6) is 0 Å². The molecule has 0 bridgehead atoms. The van der Waals surface area contributed by atoms with Crippen LogP contribution >= 0.6 is 0 Å². The van der Waals surface area contributed by atoms with Crippen LogP contribution in [0.4, 0.5) is 0 Å². The fourth-order valence-corrected chi connectivity index (χ4v) is 1.34. The van der Waals surface area contributed by atoms with Gasteiger partial charge in [-0.2, -0.15) is 0 Å². The number of hydrogen-bond acceptors (Lipinski definition) is 4. The molecular weight excluding hydrogens is 217 g/mol. The van der Waals surface area contributed by atoms with Crippen molar-refractivity contribution in [2.75, 3.05) is 7.11 Å². The predicted molar refractivity (Wildman–Crippen MR) is 68.2 cm³/mol. The van der Waals surface area contributed by atoms with Gasteiger partial charge >= 0.3 is 13.0 Å². The fourth-order valence-electron chi connectivity index (χ4n) is 1.34. The zero-order chi connectivity index (χ0) is 12.7. The second-order valence-electron chi connectivity index (χ2n) is 3.61. The van der Waals surface area contributed by atoms with Crippen LogP contribution in [0.25, 0.3) is 6.08 Å². The number of hydrogen-bond donors (Lipinski definition) is 2. The number of ether oxygens (including phenoxy) is 1. The Morgan fingerprint density at radius 3 is 2.88 bits per heavy atom. The van der Waals surface area contributed by atoms with Gasteiger partial charge in [0, 0.05) is 12.6 Å². The Kier molecular flexibility index (Phi) is 5.46. The van der Waals surface area contributed by atoms with Gasteiger partial charge in [0.05, 0.1) is 7.11 Å². The van der Waals surface area contributed by atoms with E-state index in [1.165, 1.54) is 13.2 Å². The van der Waals surface area contributed by atoms with Crippen LogP contribution in [0.2, 0.25) is 6.82 Å². The number of rotatable bonds is 5. The molecule has 2 N–H and O–H groups in total. The predicted octanol–water partition coefficient (Wildman–Crippen LogP) is 1.07. The van der Waals surface area contributed by atoms with Gasteiger partial charge in [-0.1, -0.05) is 24.3 Å². The lowest BCUT2D eigenvalue weighted by Gasteiger charge is -2.07. The highest BCUT2D eigenvalue weighted by Crippen LogP contribution is 2.10. The molecular formula is C12H16BNO3. The van der Waals surface area contributed by atoms with Gasteiger partial charge in [-0.05, 0) is 24.0 Å². The number of carbonyl (C=O) groups excluding carboxylic acids is 1. The molecule has 1 rings (SSSR count). The molecule has 0 radical (unpaired) electrons. The van der Waals surface area contributed by atoms with E-state index in [0.717, 1.165) is 11.1 Å². The summed E-state index contributed by atoms with van der Waals surface area (Å²) in [7, 11) is 0.778. The van der Waals surface area contributed by atoms with E-state index < -0.39 is 7.05 Å². The van der Waals surface area contributed by atoms with Crippen molar-refractivity contribution in [3.8, 4) is 0 Å². The van der Waals surface area contributed by atoms with Crippen LogP contribution in [0.3, 0.4) is 0 Å². The summed E-state index contributed by atoms with van der Waals surface area (Å²) in [5, 5.41) is 12.1. The van der Waals surface area contributed by atoms with Gasteiger partial charge in [0.1, 0.15) is 0 Å². The average molecular weight is 233 g/mol. The molecule has 4 nitrogen and oxygen atoms in total. The molecule has 0 saturated heterocycles. The average Bonchev–Trinajstić information content (AvgIpc) is 2.34. The lowest BCUT2D eigenvalue weighted by Crippen LogP contribution is -2.29. The lowest BCUT2D eigenvalue weighted by molar-refractivity contribution is -0.134. The minimum Gasteiger partial charge on any atom is -0.466 e. The molecule has 90 valence electrons. The Hall–Kier alpha value is -1.59. The minimum absolute atomic E-state index is 0.386. The molecule has 1 aromatic rings. The van der Waals surface area contributed by atoms with Gasteiger partial charge in [-0.3, -0.25) is 0 Å². The Morgan fingerprint density at radius 1 is 1.53 bits per heavy atom. The SMILES string of the molecule is COC(=O)C=Cc1ccccc1CNB(C)O. The van der Waals surface area contributed by atoms with Crippen molar-refractivity contribution in [1.29, 1.82) is 0 Å². The minimum atomic E-state index is -0.562. The summed E-state index contributed by atoms with van der Waals surface area (Å²) in [6, 6.07) is 7.64. The molecule has 1 aromatic carbocycles. The summed E-state index contributed by atoms with van der Waals surface area (Å²) >= 11 is 0. The van der Waals surface area contributed by atoms with Gasteiger partial charge in [0.2, 0.25) is 0 Å². The molecule has 0 unspecified atom stereocenters. The van der Waals surface area contributed by atoms with E-state index in [0.29, 0.717) is 6.54 Å². The van der Waals surface area contributed by atoms with Crippen LogP contribution in [-0.4, -0.2) is 25.2 Å². The van der Waals surface area contributed by atoms with Crippen LogP contribution in [0.15, 0.2) is 30.3 Å². The zero-order valence-electron chi connectivity index (χ0n) is 10.0. The molecule has 0 amide bonds. The largest absolute Gasteiger partial charge is 0.466 e. The number of carbonyl (C=O) groups is 1. The van der Waals surface area contributed by atoms with Crippen molar-refractivity contribution < 1.29 is 14.6 Å². The van der Waals surface area contributed by atoms with Crippen LogP contribution < -0.4 is 5.23 Å². The van der Waals surface area contributed by atoms with Crippen molar-refractivity contribution in [1.82, 2.24) is 5.23 Å². The highest BCUT2D eigenvalue weighted by molar-refractivity contribution is 6.45. The van der Waals surface area contributed by atoms with E-state index >= 15 is 0 Å². The van der Waals surface area contributed by atoms with Crippen LogP contribution in [0, 0.1) is 0 Å². The topological polar surface area (TPSA) is 58.6 Å². The highest BCUT2D eigenvalue weighted by Gasteiger charge is 2.04. The van der Waals surface area contributed by atoms with E-state index in [1.807, 2.05) is 24.3 Å². The summed E-state index contributed by atoms with van der Waals surface area (Å²) < 4.78 is 4.53. The Bertz CT molecular complexity index is 404. The quantitative estimate of drug-likeness (QED) is 0.453. The van der Waals surface area contributed by atoms with Crippen molar-refractivity contribution in [2.45, 2.75) is 13.4 Å². The van der Waals surface area contributed by atoms with Crippen molar-refractivity contribution in [3.05, 3.63) is 41.5 Å². The van der Waals surface area contributed by atoms with Gasteiger partial charge in [0.25, 0.3) is 0 Å². The first-order valence-corrected chi connectivity index (χ1v) is 5.39. The van der Waals surface area contributed by atoms with E-state index in [2.05, 4.69) is 9.96 Å². The maximum Gasteiger partial charge on any atom is 0.373 e. The van der Waals surface area contributed by atoms with E-state index in [9.17, 15) is 4.79 Å². The van der Waals surface area contributed by atoms with Gasteiger partial charge < -0.3 is 15.0 Å². The van der Waals surface area contributed by atoms with Gasteiger partial charge in [-0.25, -0.2) is 4.79 Å². The summed E-state index contributed by atoms with van der Waals surface area (Å²) in [4.78, 5) is 11.0. The number of esters is 1. The molecule has 5 heteroatoms. The molecule has 17 heavy (non-hydrogen) atoms. The molecule has 0 aliphatic heterocycles. The molecule has 0 spiro atoms. The maximum atomic E-state index is 11.0. The third-order valence-electron chi connectivity index (χ3n) is 2.24. The molecule has 0 fully saturated rings. The van der Waals surface area contributed by atoms with Gasteiger partial charge in [0.15, 0.2) is 0 Å². The van der Waals surface area contributed by atoms with Crippen molar-refractivity contribution >= 4 is 19.1 Å². The first-order valence-electron chi connectivity index (χ1n) is 5.39. The summed E-state index contributed by atoms with van der Waals surface area (Å²) in [5.41, 5.74) is 1.93. The molecule has 0 aliphatic rings.